The molecular weight excluding hydrogens is 332 g/mol. The zero-order valence-corrected chi connectivity index (χ0v) is 14.6. The van der Waals surface area contributed by atoms with Gasteiger partial charge in [-0.15, -0.1) is 11.3 Å². The van der Waals surface area contributed by atoms with Gasteiger partial charge in [-0.05, 0) is 23.4 Å². The molecular formula is C19H20N4OS. The number of carbonyl (C=O) groups is 1. The molecule has 1 fully saturated rings. The van der Waals surface area contributed by atoms with Crippen molar-refractivity contribution in [2.45, 2.75) is 18.9 Å². The van der Waals surface area contributed by atoms with Gasteiger partial charge in [0.05, 0.1) is 17.0 Å². The molecule has 25 heavy (non-hydrogen) atoms. The van der Waals surface area contributed by atoms with Crippen LogP contribution in [0.5, 0.6) is 0 Å². The van der Waals surface area contributed by atoms with Crippen molar-refractivity contribution in [3.8, 4) is 10.6 Å². The highest BCUT2D eigenvalue weighted by Gasteiger charge is 2.25. The van der Waals surface area contributed by atoms with Gasteiger partial charge in [0, 0.05) is 25.2 Å². The van der Waals surface area contributed by atoms with Crippen LogP contribution >= 0.6 is 11.3 Å². The van der Waals surface area contributed by atoms with Crippen LogP contribution in [0, 0.1) is 0 Å². The number of thiophene rings is 1. The van der Waals surface area contributed by atoms with Crippen LogP contribution in [-0.2, 0) is 11.2 Å². The van der Waals surface area contributed by atoms with E-state index < -0.39 is 0 Å². The smallest absolute Gasteiger partial charge is 0.224 e. The summed E-state index contributed by atoms with van der Waals surface area (Å²) in [5.74, 6) is 1.03. The van der Waals surface area contributed by atoms with E-state index in [1.807, 2.05) is 36.4 Å². The highest BCUT2D eigenvalue weighted by atomic mass is 32.1. The van der Waals surface area contributed by atoms with Crippen molar-refractivity contribution < 1.29 is 4.79 Å². The Kier molecular flexibility index (Phi) is 4.52. The lowest BCUT2D eigenvalue weighted by molar-refractivity contribution is -0.121. The van der Waals surface area contributed by atoms with Crippen molar-refractivity contribution in [2.24, 2.45) is 0 Å². The molecule has 128 valence electrons. The predicted molar refractivity (Wildman–Crippen MR) is 101 cm³/mol. The Morgan fingerprint density at radius 2 is 2.16 bits per heavy atom. The number of hydrogen-bond donors (Lipinski definition) is 2. The first-order chi connectivity index (χ1) is 12.3. The highest BCUT2D eigenvalue weighted by Crippen LogP contribution is 2.27. The second kappa shape index (κ2) is 7.11. The number of H-pyrrole nitrogens is 1. The van der Waals surface area contributed by atoms with Crippen molar-refractivity contribution in [1.29, 1.82) is 0 Å². The van der Waals surface area contributed by atoms with Crippen molar-refractivity contribution in [3.05, 3.63) is 59.5 Å². The molecule has 3 heterocycles. The van der Waals surface area contributed by atoms with E-state index in [4.69, 9.17) is 0 Å². The average Bonchev–Trinajstić information content (AvgIpc) is 3.36. The van der Waals surface area contributed by atoms with Crippen molar-refractivity contribution in [1.82, 2.24) is 15.5 Å². The topological polar surface area (TPSA) is 61.0 Å². The monoisotopic (exact) mass is 352 g/mol. The number of nitrogens with one attached hydrogen (secondary N) is 2. The third-order valence-electron chi connectivity index (χ3n) is 4.44. The second-order valence-corrected chi connectivity index (χ2v) is 7.23. The minimum Gasteiger partial charge on any atom is -0.353 e. The first-order valence-corrected chi connectivity index (χ1v) is 9.33. The maximum atomic E-state index is 12.2. The lowest BCUT2D eigenvalue weighted by Gasteiger charge is -2.16. The fraction of sp³-hybridized carbons (Fsp3) is 0.263. The molecule has 0 spiro atoms. The lowest BCUT2D eigenvalue weighted by atomic mass is 10.1. The molecule has 0 saturated carbocycles. The Balaban J connectivity index is 1.33. The van der Waals surface area contributed by atoms with Gasteiger partial charge >= 0.3 is 0 Å². The van der Waals surface area contributed by atoms with Gasteiger partial charge in [-0.2, -0.15) is 5.10 Å². The second-order valence-electron chi connectivity index (χ2n) is 6.28. The summed E-state index contributed by atoms with van der Waals surface area (Å²) in [6, 6.07) is 16.2. The molecule has 0 bridgehead atoms. The quantitative estimate of drug-likeness (QED) is 0.742. The van der Waals surface area contributed by atoms with E-state index in [1.165, 1.54) is 4.88 Å². The van der Waals surface area contributed by atoms with E-state index >= 15 is 0 Å². The summed E-state index contributed by atoms with van der Waals surface area (Å²) in [5.41, 5.74) is 2.09. The summed E-state index contributed by atoms with van der Waals surface area (Å²) in [5, 5.41) is 12.7. The van der Waals surface area contributed by atoms with Gasteiger partial charge in [0.2, 0.25) is 5.91 Å². The number of aromatic amines is 1. The molecule has 1 aromatic carbocycles. The van der Waals surface area contributed by atoms with Gasteiger partial charge < -0.3 is 10.2 Å². The van der Waals surface area contributed by atoms with Crippen molar-refractivity contribution in [3.63, 3.8) is 0 Å². The molecule has 5 nitrogen and oxygen atoms in total. The zero-order valence-electron chi connectivity index (χ0n) is 13.8. The van der Waals surface area contributed by atoms with Crippen LogP contribution in [0.1, 0.15) is 12.0 Å². The number of carbonyl (C=O) groups excluding carboxylic acids is 1. The van der Waals surface area contributed by atoms with Crippen LogP contribution in [0.2, 0.25) is 0 Å². The zero-order chi connectivity index (χ0) is 17.1. The van der Waals surface area contributed by atoms with E-state index in [0.29, 0.717) is 6.42 Å². The molecule has 0 radical (unpaired) electrons. The van der Waals surface area contributed by atoms with Crippen LogP contribution in [0.15, 0.2) is 53.9 Å². The molecule has 2 aromatic heterocycles. The summed E-state index contributed by atoms with van der Waals surface area (Å²) in [4.78, 5) is 15.6. The summed E-state index contributed by atoms with van der Waals surface area (Å²) < 4.78 is 0. The molecule has 6 heteroatoms. The molecule has 1 aliphatic heterocycles. The van der Waals surface area contributed by atoms with E-state index in [-0.39, 0.29) is 11.9 Å². The molecule has 3 aromatic rings. The van der Waals surface area contributed by atoms with Crippen LogP contribution in [0.4, 0.5) is 5.82 Å². The molecule has 4 rings (SSSR count). The number of nitrogens with zero attached hydrogens (tertiary/aromatic N) is 2. The summed E-state index contributed by atoms with van der Waals surface area (Å²) >= 11 is 1.69. The van der Waals surface area contributed by atoms with Gasteiger partial charge in [-0.3, -0.25) is 9.89 Å². The molecule has 1 amide bonds. The van der Waals surface area contributed by atoms with Gasteiger partial charge in [-0.25, -0.2) is 0 Å². The largest absolute Gasteiger partial charge is 0.353 e. The Morgan fingerprint density at radius 1 is 1.28 bits per heavy atom. The van der Waals surface area contributed by atoms with Crippen LogP contribution in [-0.4, -0.2) is 35.2 Å². The number of benzene rings is 1. The van der Waals surface area contributed by atoms with Crippen LogP contribution in [0.3, 0.4) is 0 Å². The number of hydrogen-bond acceptors (Lipinski definition) is 4. The van der Waals surface area contributed by atoms with E-state index in [0.717, 1.165) is 36.6 Å². The molecule has 1 saturated heterocycles. The minimum absolute atomic E-state index is 0.0827. The van der Waals surface area contributed by atoms with Gasteiger partial charge in [0.25, 0.3) is 0 Å². The van der Waals surface area contributed by atoms with E-state index in [1.54, 1.807) is 11.3 Å². The minimum atomic E-state index is 0.0827. The standard InChI is InChI=1S/C19H20N4OS/c24-19(11-14-5-2-1-3-6-14)20-15-8-9-23(13-15)18-12-16(21-22-18)17-7-4-10-25-17/h1-7,10,12,15H,8-9,11,13H2,(H,20,24)(H,21,22)/t15-/m1/s1. The first kappa shape index (κ1) is 15.9. The lowest BCUT2D eigenvalue weighted by Crippen LogP contribution is -2.38. The SMILES string of the molecule is O=C(Cc1ccccc1)N[C@@H]1CCN(c2cc(-c3cccs3)[nH]n2)C1. The summed E-state index contributed by atoms with van der Waals surface area (Å²) in [6.45, 7) is 1.71. The summed E-state index contributed by atoms with van der Waals surface area (Å²) in [6.07, 6.45) is 1.38. The van der Waals surface area contributed by atoms with Gasteiger partial charge in [0.1, 0.15) is 0 Å². The number of rotatable bonds is 5. The third-order valence-corrected chi connectivity index (χ3v) is 5.34. The third kappa shape index (κ3) is 3.74. The first-order valence-electron chi connectivity index (χ1n) is 8.45. The van der Waals surface area contributed by atoms with Crippen molar-refractivity contribution >= 4 is 23.1 Å². The van der Waals surface area contributed by atoms with Crippen molar-refractivity contribution in [2.75, 3.05) is 18.0 Å². The Labute approximate surface area is 150 Å². The van der Waals surface area contributed by atoms with E-state index in [2.05, 4.69) is 37.9 Å². The number of anilines is 1. The Bertz CT molecular complexity index is 828. The molecule has 2 N–H and O–H groups in total. The van der Waals surface area contributed by atoms with Crippen LogP contribution in [0.25, 0.3) is 10.6 Å². The predicted octanol–water partition coefficient (Wildman–Crippen LogP) is 3.08. The number of aromatic nitrogens is 2. The van der Waals surface area contributed by atoms with Gasteiger partial charge in [-0.1, -0.05) is 36.4 Å². The van der Waals surface area contributed by atoms with Crippen LogP contribution < -0.4 is 10.2 Å². The maximum Gasteiger partial charge on any atom is 0.224 e. The fourth-order valence-electron chi connectivity index (χ4n) is 3.18. The fourth-order valence-corrected chi connectivity index (χ4v) is 3.87. The summed E-state index contributed by atoms with van der Waals surface area (Å²) in [7, 11) is 0. The maximum absolute atomic E-state index is 12.2. The van der Waals surface area contributed by atoms with E-state index in [9.17, 15) is 4.79 Å². The normalized spacial score (nSPS) is 17.0. The Hall–Kier alpha value is -2.60. The highest BCUT2D eigenvalue weighted by molar-refractivity contribution is 7.13. The average molecular weight is 352 g/mol. The van der Waals surface area contributed by atoms with Gasteiger partial charge in [0.15, 0.2) is 5.82 Å². The number of amides is 1. The molecule has 0 unspecified atom stereocenters. The molecule has 1 aliphatic rings. The Morgan fingerprint density at radius 3 is 2.96 bits per heavy atom. The molecule has 0 aliphatic carbocycles. The molecule has 1 atom stereocenters.